The maximum atomic E-state index is 12.5. The van der Waals surface area contributed by atoms with Crippen LogP contribution < -0.4 is 4.90 Å². The molecule has 2 fully saturated rings. The lowest BCUT2D eigenvalue weighted by Gasteiger charge is -2.24. The van der Waals surface area contributed by atoms with Gasteiger partial charge in [0.25, 0.3) is 0 Å². The first kappa shape index (κ1) is 13.0. The summed E-state index contributed by atoms with van der Waals surface area (Å²) in [4.78, 5) is 37.9. The number of para-hydroxylation sites is 1. The molecule has 1 aromatic carbocycles. The van der Waals surface area contributed by atoms with Crippen molar-refractivity contribution in [2.24, 2.45) is 11.8 Å². The standard InChI is InChI=1S/C16H17NO3/c18-14-9-5-4-8-12(14)13-10-15(19)17(16(13)20)11-6-2-1-3-7-11/h1-3,6-7,12-13H,4-5,8-10H2/t12?,13-/m1/s1. The normalized spacial score (nSPS) is 27.2. The smallest absolute Gasteiger partial charge is 0.238 e. The van der Waals surface area contributed by atoms with Crippen molar-refractivity contribution in [1.29, 1.82) is 0 Å². The van der Waals surface area contributed by atoms with Crippen LogP contribution in [0.1, 0.15) is 32.1 Å². The molecule has 4 heteroatoms. The molecule has 1 aliphatic heterocycles. The molecule has 104 valence electrons. The van der Waals surface area contributed by atoms with Crippen molar-refractivity contribution in [1.82, 2.24) is 0 Å². The van der Waals surface area contributed by atoms with Crippen molar-refractivity contribution in [3.63, 3.8) is 0 Å². The summed E-state index contributed by atoms with van der Waals surface area (Å²) in [7, 11) is 0. The van der Waals surface area contributed by atoms with Crippen molar-refractivity contribution in [2.75, 3.05) is 4.90 Å². The van der Waals surface area contributed by atoms with E-state index >= 15 is 0 Å². The molecule has 4 nitrogen and oxygen atoms in total. The Hall–Kier alpha value is -1.97. The number of amides is 2. The summed E-state index contributed by atoms with van der Waals surface area (Å²) in [5.74, 6) is -0.951. The number of benzene rings is 1. The second-order valence-corrected chi connectivity index (χ2v) is 5.53. The lowest BCUT2D eigenvalue weighted by atomic mass is 9.78. The molecule has 2 atom stereocenters. The summed E-state index contributed by atoms with van der Waals surface area (Å²) in [5, 5.41) is 0. The molecule has 3 rings (SSSR count). The van der Waals surface area contributed by atoms with E-state index in [0.717, 1.165) is 19.3 Å². The van der Waals surface area contributed by atoms with E-state index in [4.69, 9.17) is 0 Å². The van der Waals surface area contributed by atoms with E-state index in [1.807, 2.05) is 6.07 Å². The minimum Gasteiger partial charge on any atom is -0.299 e. The highest BCUT2D eigenvalue weighted by Crippen LogP contribution is 2.36. The van der Waals surface area contributed by atoms with Crippen molar-refractivity contribution < 1.29 is 14.4 Å². The van der Waals surface area contributed by atoms with Crippen LogP contribution in [0.4, 0.5) is 5.69 Å². The van der Waals surface area contributed by atoms with Crippen LogP contribution in [0.3, 0.4) is 0 Å². The molecule has 20 heavy (non-hydrogen) atoms. The van der Waals surface area contributed by atoms with E-state index in [1.165, 1.54) is 4.90 Å². The number of hydrogen-bond donors (Lipinski definition) is 0. The van der Waals surface area contributed by atoms with Crippen molar-refractivity contribution in [3.05, 3.63) is 30.3 Å². The Morgan fingerprint density at radius 3 is 2.40 bits per heavy atom. The van der Waals surface area contributed by atoms with E-state index in [9.17, 15) is 14.4 Å². The molecule has 0 spiro atoms. The summed E-state index contributed by atoms with van der Waals surface area (Å²) < 4.78 is 0. The van der Waals surface area contributed by atoms with Gasteiger partial charge in [0, 0.05) is 18.8 Å². The van der Waals surface area contributed by atoms with Gasteiger partial charge in [-0.25, -0.2) is 0 Å². The zero-order valence-corrected chi connectivity index (χ0v) is 11.2. The minimum absolute atomic E-state index is 0.150. The van der Waals surface area contributed by atoms with Gasteiger partial charge in [-0.3, -0.25) is 19.3 Å². The summed E-state index contributed by atoms with van der Waals surface area (Å²) in [6.45, 7) is 0. The van der Waals surface area contributed by atoms with Gasteiger partial charge in [0.15, 0.2) is 0 Å². The zero-order chi connectivity index (χ0) is 14.1. The van der Waals surface area contributed by atoms with Crippen LogP contribution in [0.2, 0.25) is 0 Å². The third-order valence-corrected chi connectivity index (χ3v) is 4.28. The van der Waals surface area contributed by atoms with Crippen LogP contribution in [-0.2, 0) is 14.4 Å². The fraction of sp³-hybridized carbons (Fsp3) is 0.438. The minimum atomic E-state index is -0.449. The predicted octanol–water partition coefficient (Wildman–Crippen LogP) is 2.33. The largest absolute Gasteiger partial charge is 0.299 e. The molecule has 0 radical (unpaired) electrons. The summed E-state index contributed by atoms with van der Waals surface area (Å²) in [5.41, 5.74) is 0.605. The third kappa shape index (κ3) is 2.15. The summed E-state index contributed by atoms with van der Waals surface area (Å²) in [6, 6.07) is 8.95. The molecule has 0 N–H and O–H groups in total. The average Bonchev–Trinajstić information content (AvgIpc) is 2.75. The average molecular weight is 271 g/mol. The van der Waals surface area contributed by atoms with Crippen LogP contribution in [0, 0.1) is 11.8 Å². The van der Waals surface area contributed by atoms with E-state index in [1.54, 1.807) is 24.3 Å². The van der Waals surface area contributed by atoms with E-state index in [-0.39, 0.29) is 29.9 Å². The number of ketones is 1. The Bertz CT molecular complexity index is 552. The summed E-state index contributed by atoms with van der Waals surface area (Å²) >= 11 is 0. The van der Waals surface area contributed by atoms with Gasteiger partial charge < -0.3 is 0 Å². The highest BCUT2D eigenvalue weighted by molar-refractivity contribution is 6.21. The van der Waals surface area contributed by atoms with Crippen LogP contribution in [-0.4, -0.2) is 17.6 Å². The molecule has 1 aliphatic carbocycles. The van der Waals surface area contributed by atoms with Gasteiger partial charge in [0.2, 0.25) is 11.8 Å². The predicted molar refractivity (Wildman–Crippen MR) is 74.0 cm³/mol. The second-order valence-electron chi connectivity index (χ2n) is 5.53. The number of carbonyl (C=O) groups excluding carboxylic acids is 3. The maximum Gasteiger partial charge on any atom is 0.238 e. The number of rotatable bonds is 2. The number of anilines is 1. The topological polar surface area (TPSA) is 54.5 Å². The first-order valence-corrected chi connectivity index (χ1v) is 7.13. The molecule has 2 aliphatic rings. The first-order valence-electron chi connectivity index (χ1n) is 7.13. The maximum absolute atomic E-state index is 12.5. The van der Waals surface area contributed by atoms with Gasteiger partial charge >= 0.3 is 0 Å². The van der Waals surface area contributed by atoms with Crippen molar-refractivity contribution in [3.8, 4) is 0 Å². The Morgan fingerprint density at radius 2 is 1.70 bits per heavy atom. The molecule has 0 bridgehead atoms. The van der Waals surface area contributed by atoms with E-state index in [2.05, 4.69) is 0 Å². The van der Waals surface area contributed by atoms with Crippen molar-refractivity contribution >= 4 is 23.3 Å². The lowest BCUT2D eigenvalue weighted by molar-refractivity contribution is -0.132. The molecule has 1 aromatic rings. The zero-order valence-electron chi connectivity index (χ0n) is 11.2. The summed E-state index contributed by atoms with van der Waals surface area (Å²) in [6.07, 6.45) is 3.34. The second kappa shape index (κ2) is 5.19. The lowest BCUT2D eigenvalue weighted by Crippen LogP contribution is -2.35. The number of hydrogen-bond acceptors (Lipinski definition) is 3. The molecule has 1 saturated carbocycles. The van der Waals surface area contributed by atoms with Gasteiger partial charge in [-0.15, -0.1) is 0 Å². The molecule has 2 amide bonds. The van der Waals surface area contributed by atoms with Crippen molar-refractivity contribution in [2.45, 2.75) is 32.1 Å². The van der Waals surface area contributed by atoms with Gasteiger partial charge in [-0.05, 0) is 25.0 Å². The van der Waals surface area contributed by atoms with Gasteiger partial charge in [-0.2, -0.15) is 0 Å². The fourth-order valence-corrected chi connectivity index (χ4v) is 3.25. The van der Waals surface area contributed by atoms with Crippen LogP contribution in [0.25, 0.3) is 0 Å². The Kier molecular flexibility index (Phi) is 3.38. The number of Topliss-reactive ketones (excluding diaryl/α,β-unsaturated/α-hetero) is 1. The fourth-order valence-electron chi connectivity index (χ4n) is 3.25. The number of carbonyl (C=O) groups is 3. The highest BCUT2D eigenvalue weighted by Gasteiger charge is 2.45. The van der Waals surface area contributed by atoms with E-state index < -0.39 is 5.92 Å². The monoisotopic (exact) mass is 271 g/mol. The van der Waals surface area contributed by atoms with Gasteiger partial charge in [-0.1, -0.05) is 24.6 Å². The third-order valence-electron chi connectivity index (χ3n) is 4.28. The Labute approximate surface area is 117 Å². The number of nitrogens with zero attached hydrogens (tertiary/aromatic N) is 1. The molecule has 0 aromatic heterocycles. The van der Waals surface area contributed by atoms with E-state index in [0.29, 0.717) is 12.1 Å². The molecule has 1 saturated heterocycles. The number of imide groups is 1. The molecular formula is C16H17NO3. The quantitative estimate of drug-likeness (QED) is 0.776. The first-order chi connectivity index (χ1) is 9.68. The van der Waals surface area contributed by atoms with Crippen LogP contribution in [0.15, 0.2) is 30.3 Å². The Balaban J connectivity index is 1.85. The Morgan fingerprint density at radius 1 is 0.950 bits per heavy atom. The molecule has 1 unspecified atom stereocenters. The van der Waals surface area contributed by atoms with Gasteiger partial charge in [0.05, 0.1) is 11.6 Å². The van der Waals surface area contributed by atoms with Crippen LogP contribution in [0.5, 0.6) is 0 Å². The molecule has 1 heterocycles. The SMILES string of the molecule is O=C1CCCCC1[C@H]1CC(=O)N(c2ccccc2)C1=O. The van der Waals surface area contributed by atoms with Crippen LogP contribution >= 0.6 is 0 Å². The highest BCUT2D eigenvalue weighted by atomic mass is 16.2. The van der Waals surface area contributed by atoms with Gasteiger partial charge in [0.1, 0.15) is 5.78 Å². The molecular weight excluding hydrogens is 254 g/mol.